The maximum Gasteiger partial charge on any atom is 0.334 e. The van der Waals surface area contributed by atoms with Crippen LogP contribution in [-0.4, -0.2) is 94.3 Å². The predicted molar refractivity (Wildman–Crippen MR) is 226 cm³/mol. The van der Waals surface area contributed by atoms with Crippen LogP contribution in [0.15, 0.2) is 58.7 Å². The number of aliphatic hydroxyl groups is 2. The average molecular weight is 855 g/mol. The number of hydrogen-bond acceptors (Lipinski definition) is 11. The molecular formula is C51H66O11. The molecule has 7 aliphatic carbocycles. The molecule has 62 heavy (non-hydrogen) atoms. The molecule has 4 heterocycles. The highest BCUT2D eigenvalue weighted by atomic mass is 16.8. The second-order valence-corrected chi connectivity index (χ2v) is 22.1. The highest BCUT2D eigenvalue weighted by molar-refractivity contribution is 5.92. The van der Waals surface area contributed by atoms with Crippen molar-refractivity contribution in [3.63, 3.8) is 0 Å². The fourth-order valence-electron chi connectivity index (χ4n) is 15.2. The van der Waals surface area contributed by atoms with E-state index in [2.05, 4.69) is 65.5 Å². The van der Waals surface area contributed by atoms with E-state index in [9.17, 15) is 24.6 Å². The van der Waals surface area contributed by atoms with Gasteiger partial charge in [0.25, 0.3) is 0 Å². The molecule has 0 amide bonds. The molecule has 2 N–H and O–H groups in total. The molecule has 9 fully saturated rings. The molecule has 11 nitrogen and oxygen atoms in total. The number of rotatable bonds is 11. The molecule has 3 saturated heterocycles. The van der Waals surface area contributed by atoms with E-state index in [1.54, 1.807) is 0 Å². The van der Waals surface area contributed by atoms with Gasteiger partial charge in [-0.2, -0.15) is 0 Å². The van der Waals surface area contributed by atoms with Crippen LogP contribution in [0.1, 0.15) is 125 Å². The number of allylic oxidation sites excluding steroid dienone is 4. The molecule has 16 atom stereocenters. The number of ether oxygens (including phenoxy) is 6. The summed E-state index contributed by atoms with van der Waals surface area (Å²) in [6.45, 7) is 15.7. The lowest BCUT2D eigenvalue weighted by molar-refractivity contribution is -0.171. The van der Waals surface area contributed by atoms with Gasteiger partial charge >= 0.3 is 17.9 Å². The van der Waals surface area contributed by atoms with Gasteiger partial charge in [0.15, 0.2) is 11.7 Å². The summed E-state index contributed by atoms with van der Waals surface area (Å²) in [7, 11) is 0. The number of carbonyl (C=O) groups is 3. The first-order valence-corrected chi connectivity index (χ1v) is 24.0. The van der Waals surface area contributed by atoms with Crippen LogP contribution in [0.3, 0.4) is 0 Å². The van der Waals surface area contributed by atoms with Gasteiger partial charge in [-0.05, 0) is 134 Å². The third-order valence-corrected chi connectivity index (χ3v) is 18.7. The van der Waals surface area contributed by atoms with Gasteiger partial charge in [0, 0.05) is 17.4 Å². The molecule has 6 saturated carbocycles. The average Bonchev–Trinajstić information content (AvgIpc) is 4.07. The molecule has 11 aliphatic rings. The van der Waals surface area contributed by atoms with E-state index in [1.165, 1.54) is 12.0 Å². The second-order valence-electron chi connectivity index (χ2n) is 22.1. The minimum absolute atomic E-state index is 0.0444. The lowest BCUT2D eigenvalue weighted by Gasteiger charge is -2.53. The first-order chi connectivity index (χ1) is 29.6. The minimum atomic E-state index is -0.834. The molecule has 4 aliphatic heterocycles. The third kappa shape index (κ3) is 5.81. The number of aliphatic hydroxyl groups excluding tert-OH is 2. The maximum atomic E-state index is 13.9. The van der Waals surface area contributed by atoms with Crippen molar-refractivity contribution in [3.05, 3.63) is 58.7 Å². The molecule has 0 aromatic carbocycles. The number of esters is 3. The Kier molecular flexibility index (Phi) is 9.53. The highest BCUT2D eigenvalue weighted by Crippen LogP contribution is 2.83. The third-order valence-electron chi connectivity index (χ3n) is 18.7. The second kappa shape index (κ2) is 14.2. The van der Waals surface area contributed by atoms with Crippen molar-refractivity contribution < 1.29 is 53.0 Å². The molecule has 0 aromatic rings. The van der Waals surface area contributed by atoms with Gasteiger partial charge in [-0.25, -0.2) is 4.79 Å². The van der Waals surface area contributed by atoms with E-state index >= 15 is 0 Å². The zero-order chi connectivity index (χ0) is 43.3. The highest BCUT2D eigenvalue weighted by Gasteiger charge is 3.01. The van der Waals surface area contributed by atoms with Crippen molar-refractivity contribution in [2.45, 2.75) is 184 Å². The Hall–Kier alpha value is -3.09. The fourth-order valence-corrected chi connectivity index (χ4v) is 15.2. The minimum Gasteiger partial charge on any atom is -0.458 e. The molecule has 11 heteroatoms. The molecule has 0 aromatic heterocycles. The number of epoxide rings is 3. The van der Waals surface area contributed by atoms with Crippen LogP contribution in [0.25, 0.3) is 0 Å². The molecule has 13 unspecified atom stereocenters. The summed E-state index contributed by atoms with van der Waals surface area (Å²) >= 11 is 0. The fraction of sp³-hybridized carbons (Fsp3) is 0.745. The quantitative estimate of drug-likeness (QED) is 0.0947. The lowest BCUT2D eigenvalue weighted by atomic mass is 9.46. The van der Waals surface area contributed by atoms with Crippen molar-refractivity contribution in [3.8, 4) is 0 Å². The SMILES string of the molecule is C=C1/C(=C\C=C2/CCCC3(C)C2CCC3C(C)/C=C/C(OC(=O)CCC(=O)OC2C3(C(C)C)O[C@H]3C3OC34C23OC3C[C@H]2C3=C(CCC24C)C(=O)OC3)C2CC2)C[C@@H](O)CC1O. The Bertz CT molecular complexity index is 2100. The van der Waals surface area contributed by atoms with E-state index < -0.39 is 47.1 Å². The van der Waals surface area contributed by atoms with Gasteiger partial charge in [0.05, 0.1) is 31.2 Å². The zero-order valence-corrected chi connectivity index (χ0v) is 37.2. The van der Waals surface area contributed by atoms with Gasteiger partial charge in [0.1, 0.15) is 36.1 Å². The summed E-state index contributed by atoms with van der Waals surface area (Å²) in [6, 6.07) is 0. The van der Waals surface area contributed by atoms with Crippen LogP contribution in [0.5, 0.6) is 0 Å². The van der Waals surface area contributed by atoms with Crippen molar-refractivity contribution >= 4 is 17.9 Å². The maximum absolute atomic E-state index is 13.9. The van der Waals surface area contributed by atoms with Crippen LogP contribution in [0.2, 0.25) is 0 Å². The Morgan fingerprint density at radius 1 is 0.919 bits per heavy atom. The standard InChI is InChI=1S/C51H66O11/c1-26(2)49-43(61-49)44-51(62-44)48(6)21-19-33-34(25-57-45(33)56)37(48)24-40-50(51,60-40)46(49)59-42(55)18-17-41(54)58-39(30-11-12-30)16-9-27(3)35-14-15-36-29(8-7-20-47(35,36)5)10-13-31-22-32(52)23-38(53)28(31)4/h9-10,13,16,26-27,30,32,35-40,43-44,46,52-53H,4,7-8,11-12,14-15,17-25H2,1-3,5-6H3/b16-9+,29-10+,31-13-/t27?,32-,35?,36?,37+,38?,39?,40?,43+,44?,46?,47?,48?,49?,50?,51?/m1/s1. The molecule has 2 spiro atoms. The number of fused-ring (bicyclic) bond motifs is 5. The van der Waals surface area contributed by atoms with Crippen molar-refractivity contribution in [2.24, 2.45) is 46.3 Å². The Morgan fingerprint density at radius 2 is 1.71 bits per heavy atom. The lowest BCUT2D eigenvalue weighted by Crippen LogP contribution is -2.70. The largest absolute Gasteiger partial charge is 0.458 e. The van der Waals surface area contributed by atoms with E-state index in [4.69, 9.17) is 28.4 Å². The van der Waals surface area contributed by atoms with E-state index in [0.29, 0.717) is 56.0 Å². The zero-order valence-electron chi connectivity index (χ0n) is 37.2. The Balaban J connectivity index is 0.734. The normalized spacial score (nSPS) is 48.0. The summed E-state index contributed by atoms with van der Waals surface area (Å²) < 4.78 is 38.3. The number of cyclic esters (lactones) is 1. The van der Waals surface area contributed by atoms with Crippen molar-refractivity contribution in [1.29, 1.82) is 0 Å². The van der Waals surface area contributed by atoms with Crippen LogP contribution in [0, 0.1) is 46.3 Å². The monoisotopic (exact) mass is 854 g/mol. The summed E-state index contributed by atoms with van der Waals surface area (Å²) in [6.07, 6.45) is 16.5. The van der Waals surface area contributed by atoms with Gasteiger partial charge in [-0.15, -0.1) is 0 Å². The number of hydrogen-bond donors (Lipinski definition) is 2. The van der Waals surface area contributed by atoms with Crippen molar-refractivity contribution in [1.82, 2.24) is 0 Å². The summed E-state index contributed by atoms with van der Waals surface area (Å²) in [4.78, 5) is 39.9. The van der Waals surface area contributed by atoms with Gasteiger partial charge in [0.2, 0.25) is 0 Å². The molecule has 0 radical (unpaired) electrons. The molecule has 0 bridgehead atoms. The topological polar surface area (TPSA) is 157 Å². The van der Waals surface area contributed by atoms with Crippen LogP contribution < -0.4 is 0 Å². The van der Waals surface area contributed by atoms with Crippen molar-refractivity contribution in [2.75, 3.05) is 6.61 Å². The van der Waals surface area contributed by atoms with Crippen LogP contribution in [-0.2, 0) is 42.8 Å². The molecule has 11 rings (SSSR count). The van der Waals surface area contributed by atoms with Gasteiger partial charge < -0.3 is 38.6 Å². The smallest absolute Gasteiger partial charge is 0.334 e. The number of carbonyl (C=O) groups excluding carboxylic acids is 3. The van der Waals surface area contributed by atoms with Crippen LogP contribution in [0.4, 0.5) is 0 Å². The van der Waals surface area contributed by atoms with E-state index in [1.807, 2.05) is 0 Å². The first-order valence-electron chi connectivity index (χ1n) is 24.0. The first kappa shape index (κ1) is 41.6. The van der Waals surface area contributed by atoms with Crippen LogP contribution >= 0.6 is 0 Å². The van der Waals surface area contributed by atoms with E-state index in [-0.39, 0.29) is 65.9 Å². The Morgan fingerprint density at radius 3 is 2.48 bits per heavy atom. The Labute approximate surface area is 365 Å². The molecular weight excluding hydrogens is 789 g/mol. The van der Waals surface area contributed by atoms with Gasteiger partial charge in [-0.1, -0.05) is 65.0 Å². The predicted octanol–water partition coefficient (Wildman–Crippen LogP) is 7.09. The molecule has 336 valence electrons. The summed E-state index contributed by atoms with van der Waals surface area (Å²) in [5.74, 6) is 0.676. The van der Waals surface area contributed by atoms with Gasteiger partial charge in [-0.3, -0.25) is 9.59 Å². The summed E-state index contributed by atoms with van der Waals surface area (Å²) in [5, 5.41) is 20.6. The summed E-state index contributed by atoms with van der Waals surface area (Å²) in [5.41, 5.74) is 2.64. The van der Waals surface area contributed by atoms with E-state index in [0.717, 1.165) is 67.2 Å².